The predicted octanol–water partition coefficient (Wildman–Crippen LogP) is 12.5. The molecule has 0 unspecified atom stereocenters. The first-order chi connectivity index (χ1) is 36.6. The predicted molar refractivity (Wildman–Crippen MR) is 319 cm³/mol. The summed E-state index contributed by atoms with van der Waals surface area (Å²) in [5.41, 5.74) is 5.77. The number of methoxy groups -OCH3 is 8. The molecule has 80 heavy (non-hydrogen) atoms. The van der Waals surface area contributed by atoms with E-state index >= 15 is 0 Å². The number of hydrogen-bond donors (Lipinski definition) is 5. The van der Waals surface area contributed by atoms with Crippen LogP contribution in [0, 0.1) is 0 Å². The maximum atomic E-state index is 12.6. The zero-order valence-electron chi connectivity index (χ0n) is 42.9. The van der Waals surface area contributed by atoms with E-state index in [4.69, 9.17) is 55.4 Å². The Kier molecular flexibility index (Phi) is 27.1. The Labute approximate surface area is 478 Å². The molecule has 1 aliphatic carbocycles. The number of ether oxygens (including phenoxy) is 8. The Morgan fingerprint density at radius 3 is 1.86 bits per heavy atom. The third-order valence-corrected chi connectivity index (χ3v) is 14.0. The van der Waals surface area contributed by atoms with E-state index in [0.717, 1.165) is 45.2 Å². The number of amides is 1. The second kappa shape index (κ2) is 31.7. The Bertz CT molecular complexity index is 3350. The summed E-state index contributed by atoms with van der Waals surface area (Å²) in [6, 6.07) is 26.7. The van der Waals surface area contributed by atoms with Crippen LogP contribution < -0.4 is 59.3 Å². The minimum atomic E-state index is -3.75. The number of sulfonamides is 1. The van der Waals surface area contributed by atoms with Crippen molar-refractivity contribution in [3.63, 3.8) is 0 Å². The summed E-state index contributed by atoms with van der Waals surface area (Å²) in [5.74, 6) is 8.61. The number of benzene rings is 5. The molecule has 1 heterocycles. The van der Waals surface area contributed by atoms with Crippen molar-refractivity contribution < 1.29 is 65.5 Å². The smallest absolute Gasteiger partial charge is 0.261 e. The Morgan fingerprint density at radius 1 is 0.713 bits per heavy atom. The molecule has 1 aliphatic rings. The van der Waals surface area contributed by atoms with Crippen LogP contribution >= 0.6 is 23.6 Å². The van der Waals surface area contributed by atoms with Crippen molar-refractivity contribution in [1.82, 2.24) is 10.3 Å². The first-order valence-corrected chi connectivity index (χ1v) is 25.4. The number of para-hydroxylation sites is 1. The highest BCUT2D eigenvalue weighted by molar-refractivity contribution is 7.94. The van der Waals surface area contributed by atoms with Crippen LogP contribution in [0.3, 0.4) is 0 Å². The van der Waals surface area contributed by atoms with E-state index in [1.165, 1.54) is 39.3 Å². The topological polar surface area (TPSA) is 247 Å². The van der Waals surface area contributed by atoms with Crippen molar-refractivity contribution >= 4 is 68.3 Å². The number of rotatable bonds is 17. The molecule has 6 N–H and O–H groups in total. The number of phenols is 1. The van der Waals surface area contributed by atoms with Gasteiger partial charge in [0.25, 0.3) is 10.0 Å². The van der Waals surface area contributed by atoms with Crippen LogP contribution in [0.25, 0.3) is 34.2 Å². The number of hydrogen-bond acceptors (Lipinski definition) is 17. The molecule has 1 amide bonds. The van der Waals surface area contributed by atoms with E-state index in [2.05, 4.69) is 24.3 Å². The molecule has 0 saturated heterocycles. The van der Waals surface area contributed by atoms with Crippen molar-refractivity contribution in [2.75, 3.05) is 61.6 Å². The van der Waals surface area contributed by atoms with Crippen molar-refractivity contribution in [3.8, 4) is 62.9 Å². The van der Waals surface area contributed by atoms with Gasteiger partial charge in [-0.1, -0.05) is 77.7 Å². The number of nitrogens with two attached hydrogens (primary N) is 1. The fourth-order valence-electron chi connectivity index (χ4n) is 8.20. The minimum absolute atomic E-state index is 0. The molecule has 8 rings (SSSR count). The van der Waals surface area contributed by atoms with E-state index in [0.29, 0.717) is 79.8 Å². The van der Waals surface area contributed by atoms with Gasteiger partial charge in [0.1, 0.15) is 0 Å². The Hall–Kier alpha value is -7.79. The monoisotopic (exact) mass is 1160 g/mol. The van der Waals surface area contributed by atoms with Gasteiger partial charge in [0.05, 0.1) is 96.1 Å². The lowest BCUT2D eigenvalue weighted by Gasteiger charge is -2.19. The summed E-state index contributed by atoms with van der Waals surface area (Å²) in [7, 11) is 8.62. The fourth-order valence-corrected chi connectivity index (χ4v) is 9.85. The molecular formula is C58H73ClN4O15S2. The van der Waals surface area contributed by atoms with Gasteiger partial charge >= 0.3 is 0 Å². The van der Waals surface area contributed by atoms with E-state index in [1.807, 2.05) is 42.5 Å². The standard InChI is InChI=1S/C22H25NO6.C18H20O5.C14H12ClN3O4S2.4CH4/c1-12(24)23-16-8-6-13-10-19(27-3)21(28-4)22(29-5)20(13)14-7-9-18(26-2)17(25)11-15(14)16;1-20-15-8-7-12(9-14(15)19)5-6-13-10-16(21-2)18(23-4)17(11-13)22-3;15-12-8-17-14-11(12)2-1-3-13(14)18-24(19,20)10-6-4-9(5-7-10)23-22-21-16;;;;/h7,9-11,16H,6,8H2,1-5H3,(H,23,24);5-11,19H,1-4H3;1-8,17-18H,16H2;4*1H4/b;6-5-;;;;;/t16-;;;;;;/m0....../s1. The lowest BCUT2D eigenvalue weighted by atomic mass is 9.95. The maximum absolute atomic E-state index is 12.6. The number of H-pyrrole nitrogens is 1. The summed E-state index contributed by atoms with van der Waals surface area (Å²) >= 11 is 6.92. The average molecular weight is 1170 g/mol. The molecule has 434 valence electrons. The van der Waals surface area contributed by atoms with Gasteiger partial charge in [-0.05, 0) is 113 Å². The first kappa shape index (κ1) is 68.3. The van der Waals surface area contributed by atoms with Crippen LogP contribution in [-0.2, 0) is 30.6 Å². The van der Waals surface area contributed by atoms with Crippen LogP contribution in [0.2, 0.25) is 5.02 Å². The van der Waals surface area contributed by atoms with Crippen molar-refractivity contribution in [3.05, 3.63) is 141 Å². The lowest BCUT2D eigenvalue weighted by molar-refractivity contribution is -0.195. The number of aromatic nitrogens is 1. The molecule has 1 aromatic heterocycles. The largest absolute Gasteiger partial charge is 0.504 e. The molecule has 22 heteroatoms. The van der Waals surface area contributed by atoms with Gasteiger partial charge in [-0.2, -0.15) is 5.90 Å². The van der Waals surface area contributed by atoms with Crippen molar-refractivity contribution in [2.45, 2.75) is 65.3 Å². The van der Waals surface area contributed by atoms with Gasteiger partial charge in [-0.3, -0.25) is 14.3 Å². The number of nitrogens with one attached hydrogen (secondary N) is 3. The van der Waals surface area contributed by atoms with E-state index in [-0.39, 0.29) is 63.5 Å². The summed E-state index contributed by atoms with van der Waals surface area (Å²) in [6.07, 6.45) is 6.64. The number of anilines is 1. The second-order valence-corrected chi connectivity index (χ2v) is 19.0. The molecule has 7 aromatic rings. The SMILES string of the molecule is C.C.C.C.COc1cc2c(c(OC)c1OC)-c1ccc(OC)c(=O)cc1[C@@H](NC(C)=O)CC2.COc1ccc(/C=C\c2cc(OC)c(OC)c(OC)c2)cc1O.NOOSc1ccc(S(=O)(=O)Nc2cccc3c(Cl)c[nH]c23)cc1. The zero-order valence-corrected chi connectivity index (χ0v) is 45.3. The molecule has 0 bridgehead atoms. The lowest BCUT2D eigenvalue weighted by Crippen LogP contribution is -2.26. The van der Waals surface area contributed by atoms with Crippen LogP contribution in [0.1, 0.15) is 71.3 Å². The van der Waals surface area contributed by atoms with Crippen LogP contribution in [-0.4, -0.2) is 81.3 Å². The zero-order chi connectivity index (χ0) is 55.1. The molecule has 1 atom stereocenters. The number of carbonyl (C=O) groups is 1. The number of fused-ring (bicyclic) bond motifs is 4. The van der Waals surface area contributed by atoms with Crippen LogP contribution in [0.5, 0.6) is 51.7 Å². The van der Waals surface area contributed by atoms with Gasteiger partial charge in [-0.25, -0.2) is 8.42 Å². The fraction of sp³-hybridized carbons (Fsp3) is 0.276. The highest BCUT2D eigenvalue weighted by atomic mass is 35.5. The van der Waals surface area contributed by atoms with Crippen molar-refractivity contribution in [1.29, 1.82) is 0 Å². The number of aryl methyl sites for hydroxylation is 1. The summed E-state index contributed by atoms with van der Waals surface area (Å²) in [6.45, 7) is 1.46. The van der Waals surface area contributed by atoms with Crippen LogP contribution in [0.4, 0.5) is 5.69 Å². The van der Waals surface area contributed by atoms with E-state index in [1.54, 1.807) is 97.4 Å². The highest BCUT2D eigenvalue weighted by Gasteiger charge is 2.29. The molecular weight excluding hydrogens is 1090 g/mol. The quantitative estimate of drug-likeness (QED) is 0.0246. The third kappa shape index (κ3) is 16.2. The molecule has 6 aromatic carbocycles. The van der Waals surface area contributed by atoms with E-state index < -0.39 is 10.0 Å². The number of aromatic hydroxyl groups is 1. The molecule has 0 fully saturated rings. The van der Waals surface area contributed by atoms with Crippen molar-refractivity contribution in [2.24, 2.45) is 5.90 Å². The van der Waals surface area contributed by atoms with Gasteiger partial charge in [0.2, 0.25) is 22.8 Å². The highest BCUT2D eigenvalue weighted by Crippen LogP contribution is 2.50. The number of aromatic amines is 1. The molecule has 0 spiro atoms. The molecule has 0 saturated carbocycles. The normalized spacial score (nSPS) is 11.9. The van der Waals surface area contributed by atoms with Gasteiger partial charge in [-0.15, -0.1) is 9.32 Å². The summed E-state index contributed by atoms with van der Waals surface area (Å²) in [4.78, 5) is 32.2. The van der Waals surface area contributed by atoms with Gasteiger partial charge < -0.3 is 53.3 Å². The van der Waals surface area contributed by atoms with Gasteiger partial charge in [0.15, 0.2) is 40.2 Å². The molecule has 0 aliphatic heterocycles. The third-order valence-electron chi connectivity index (χ3n) is 11.7. The number of carbonyl (C=O) groups excluding carboxylic acids is 1. The summed E-state index contributed by atoms with van der Waals surface area (Å²) < 4.78 is 75.1. The summed E-state index contributed by atoms with van der Waals surface area (Å²) in [5, 5.41) is 14.0. The molecule has 0 radical (unpaired) electrons. The van der Waals surface area contributed by atoms with E-state index in [9.17, 15) is 23.1 Å². The first-order valence-electron chi connectivity index (χ1n) is 22.8. The number of halogens is 1. The Morgan fingerprint density at radius 2 is 1.30 bits per heavy atom. The number of phenolic OH excluding ortho intramolecular Hbond substituents is 1. The second-order valence-electron chi connectivity index (χ2n) is 16.2. The van der Waals surface area contributed by atoms with Gasteiger partial charge in [0, 0.05) is 29.0 Å². The minimum Gasteiger partial charge on any atom is -0.504 e. The Balaban J connectivity index is 0.000000403. The maximum Gasteiger partial charge on any atom is 0.261 e. The average Bonchev–Trinajstić information content (AvgIpc) is 3.65. The van der Waals surface area contributed by atoms with Crippen LogP contribution in [0.15, 0.2) is 118 Å². The molecule has 19 nitrogen and oxygen atoms in total.